The van der Waals surface area contributed by atoms with Crippen molar-refractivity contribution in [3.05, 3.63) is 57.3 Å². The summed E-state index contributed by atoms with van der Waals surface area (Å²) in [5.74, 6) is 0. The third kappa shape index (κ3) is 2.45. The van der Waals surface area contributed by atoms with Crippen LogP contribution in [0.2, 0.25) is 0 Å². The van der Waals surface area contributed by atoms with E-state index in [1.807, 2.05) is 12.1 Å². The lowest BCUT2D eigenvalue weighted by molar-refractivity contribution is 0.920. The van der Waals surface area contributed by atoms with E-state index < -0.39 is 0 Å². The number of benzene rings is 2. The van der Waals surface area contributed by atoms with Gasteiger partial charge in [0.05, 0.1) is 11.0 Å². The highest BCUT2D eigenvalue weighted by Crippen LogP contribution is 2.23. The number of hydrogen-bond acceptors (Lipinski definition) is 1. The van der Waals surface area contributed by atoms with Crippen LogP contribution in [0.5, 0.6) is 0 Å². The van der Waals surface area contributed by atoms with Crippen LogP contribution in [0.3, 0.4) is 0 Å². The molecule has 0 aliphatic heterocycles. The van der Waals surface area contributed by atoms with Crippen LogP contribution in [0, 0.1) is 4.77 Å². The minimum Gasteiger partial charge on any atom is -0.330 e. The Morgan fingerprint density at radius 3 is 2.60 bits per heavy atom. The second-order valence-corrected chi connectivity index (χ2v) is 6.15. The number of aryl methyl sites for hydroxylation is 1. The summed E-state index contributed by atoms with van der Waals surface area (Å²) in [6.45, 7) is 2.20. The molecule has 0 radical (unpaired) electrons. The third-order valence-corrected chi connectivity index (χ3v) is 4.16. The van der Waals surface area contributed by atoms with Gasteiger partial charge < -0.3 is 4.98 Å². The molecule has 102 valence electrons. The lowest BCUT2D eigenvalue weighted by atomic mass is 10.1. The largest absolute Gasteiger partial charge is 0.330 e. The summed E-state index contributed by atoms with van der Waals surface area (Å²) in [6.07, 6.45) is 2.28. The Bertz CT molecular complexity index is 799. The molecular weight excluding hydrogens is 332 g/mol. The number of nitrogens with one attached hydrogen (secondary N) is 1. The van der Waals surface area contributed by atoms with Gasteiger partial charge in [0.1, 0.15) is 0 Å². The van der Waals surface area contributed by atoms with E-state index in [-0.39, 0.29) is 0 Å². The first-order valence-corrected chi connectivity index (χ1v) is 7.89. The van der Waals surface area contributed by atoms with E-state index in [0.29, 0.717) is 0 Å². The number of hydrogen-bond donors (Lipinski definition) is 1. The summed E-state index contributed by atoms with van der Waals surface area (Å²) in [5.41, 5.74) is 4.61. The van der Waals surface area contributed by atoms with Gasteiger partial charge in [0, 0.05) is 10.2 Å². The number of fused-ring (bicyclic) bond motifs is 1. The van der Waals surface area contributed by atoms with Crippen molar-refractivity contribution in [2.24, 2.45) is 0 Å². The van der Waals surface area contributed by atoms with Crippen LogP contribution in [0.4, 0.5) is 0 Å². The van der Waals surface area contributed by atoms with Gasteiger partial charge in [-0.05, 0) is 54.5 Å². The van der Waals surface area contributed by atoms with Crippen molar-refractivity contribution in [2.45, 2.75) is 19.8 Å². The lowest BCUT2D eigenvalue weighted by Gasteiger charge is -2.06. The molecule has 0 atom stereocenters. The quantitative estimate of drug-likeness (QED) is 0.629. The van der Waals surface area contributed by atoms with Crippen LogP contribution in [-0.2, 0) is 6.42 Å². The van der Waals surface area contributed by atoms with Crippen LogP contribution in [-0.4, -0.2) is 9.55 Å². The Morgan fingerprint density at radius 1 is 1.15 bits per heavy atom. The summed E-state index contributed by atoms with van der Waals surface area (Å²) < 4.78 is 3.85. The Balaban J connectivity index is 2.14. The monoisotopic (exact) mass is 346 g/mol. The summed E-state index contributed by atoms with van der Waals surface area (Å²) in [7, 11) is 0. The number of aromatic nitrogens is 2. The fourth-order valence-electron chi connectivity index (χ4n) is 2.44. The molecule has 1 aromatic heterocycles. The van der Waals surface area contributed by atoms with Crippen molar-refractivity contribution in [3.63, 3.8) is 0 Å². The van der Waals surface area contributed by atoms with Gasteiger partial charge >= 0.3 is 0 Å². The molecule has 0 aliphatic rings. The van der Waals surface area contributed by atoms with E-state index in [2.05, 4.69) is 62.7 Å². The summed E-state index contributed by atoms with van der Waals surface area (Å²) in [6, 6.07) is 14.8. The predicted octanol–water partition coefficient (Wildman–Crippen LogP) is 5.40. The molecule has 2 aromatic carbocycles. The zero-order chi connectivity index (χ0) is 14.1. The first-order valence-electron chi connectivity index (χ1n) is 6.68. The molecule has 3 rings (SSSR count). The van der Waals surface area contributed by atoms with Gasteiger partial charge in [-0.15, -0.1) is 0 Å². The van der Waals surface area contributed by atoms with Crippen LogP contribution in [0.1, 0.15) is 18.9 Å². The minimum atomic E-state index is 0.723. The molecule has 2 nitrogen and oxygen atoms in total. The van der Waals surface area contributed by atoms with Gasteiger partial charge in [0.2, 0.25) is 0 Å². The summed E-state index contributed by atoms with van der Waals surface area (Å²) in [4.78, 5) is 3.25. The average molecular weight is 347 g/mol. The molecule has 0 unspecified atom stereocenters. The van der Waals surface area contributed by atoms with Crippen molar-refractivity contribution < 1.29 is 0 Å². The van der Waals surface area contributed by atoms with E-state index >= 15 is 0 Å². The van der Waals surface area contributed by atoms with Gasteiger partial charge in [0.15, 0.2) is 4.77 Å². The zero-order valence-electron chi connectivity index (χ0n) is 11.2. The van der Waals surface area contributed by atoms with Crippen molar-refractivity contribution in [2.75, 3.05) is 0 Å². The number of aromatic amines is 1. The smallest absolute Gasteiger partial charge is 0.182 e. The summed E-state index contributed by atoms with van der Waals surface area (Å²) >= 11 is 8.94. The second kappa shape index (κ2) is 5.54. The van der Waals surface area contributed by atoms with Crippen molar-refractivity contribution in [1.29, 1.82) is 0 Å². The second-order valence-electron chi connectivity index (χ2n) is 4.84. The number of rotatable bonds is 3. The molecule has 0 saturated heterocycles. The Morgan fingerprint density at radius 2 is 1.90 bits per heavy atom. The maximum Gasteiger partial charge on any atom is 0.182 e. The first kappa shape index (κ1) is 13.6. The van der Waals surface area contributed by atoms with Crippen molar-refractivity contribution in [1.82, 2.24) is 9.55 Å². The minimum absolute atomic E-state index is 0.723. The highest BCUT2D eigenvalue weighted by Gasteiger charge is 2.06. The average Bonchev–Trinajstić information content (AvgIpc) is 2.75. The lowest BCUT2D eigenvalue weighted by Crippen LogP contribution is -1.94. The van der Waals surface area contributed by atoms with E-state index in [1.54, 1.807) is 0 Å². The molecule has 0 aliphatic carbocycles. The number of H-pyrrole nitrogens is 1. The molecule has 3 aromatic rings. The molecule has 0 bridgehead atoms. The molecule has 4 heteroatoms. The van der Waals surface area contributed by atoms with Crippen LogP contribution in [0.15, 0.2) is 46.9 Å². The first-order chi connectivity index (χ1) is 9.69. The van der Waals surface area contributed by atoms with Gasteiger partial charge in [-0.2, -0.15) is 0 Å². The fourth-order valence-corrected chi connectivity index (χ4v) is 3.12. The highest BCUT2D eigenvalue weighted by atomic mass is 79.9. The van der Waals surface area contributed by atoms with E-state index in [1.165, 1.54) is 12.0 Å². The normalized spacial score (nSPS) is 11.1. The van der Waals surface area contributed by atoms with Crippen molar-refractivity contribution in [3.8, 4) is 5.69 Å². The Kier molecular flexibility index (Phi) is 3.76. The van der Waals surface area contributed by atoms with E-state index in [4.69, 9.17) is 12.2 Å². The molecular formula is C16H15BrN2S. The molecule has 0 spiro atoms. The fraction of sp³-hybridized carbons (Fsp3) is 0.188. The molecule has 1 heterocycles. The molecule has 0 saturated carbocycles. The Labute approximate surface area is 131 Å². The topological polar surface area (TPSA) is 20.7 Å². The predicted molar refractivity (Wildman–Crippen MR) is 90.2 cm³/mol. The number of imidazole rings is 1. The standard InChI is InChI=1S/C16H15BrN2S/c1-2-3-11-4-7-13(8-5-11)19-15-9-6-12(17)10-14(15)18-16(19)20/h4-10H,2-3H2,1H3,(H,18,20). The van der Waals surface area contributed by atoms with Gasteiger partial charge in [0.25, 0.3) is 0 Å². The van der Waals surface area contributed by atoms with Gasteiger partial charge in [-0.25, -0.2) is 0 Å². The van der Waals surface area contributed by atoms with Crippen molar-refractivity contribution >= 4 is 39.2 Å². The SMILES string of the molecule is CCCc1ccc(-n2c(=S)[nH]c3cc(Br)ccc32)cc1. The molecule has 0 fully saturated rings. The highest BCUT2D eigenvalue weighted by molar-refractivity contribution is 9.10. The van der Waals surface area contributed by atoms with Gasteiger partial charge in [-0.1, -0.05) is 41.4 Å². The van der Waals surface area contributed by atoms with E-state index in [9.17, 15) is 0 Å². The summed E-state index contributed by atoms with van der Waals surface area (Å²) in [5, 5.41) is 0. The molecule has 1 N–H and O–H groups in total. The maximum atomic E-state index is 5.45. The zero-order valence-corrected chi connectivity index (χ0v) is 13.6. The van der Waals surface area contributed by atoms with Crippen LogP contribution < -0.4 is 0 Å². The van der Waals surface area contributed by atoms with Crippen LogP contribution in [0.25, 0.3) is 16.7 Å². The van der Waals surface area contributed by atoms with Gasteiger partial charge in [-0.3, -0.25) is 4.57 Å². The van der Waals surface area contributed by atoms with Crippen LogP contribution >= 0.6 is 28.1 Å². The molecule has 20 heavy (non-hydrogen) atoms. The maximum absolute atomic E-state index is 5.45. The number of nitrogens with zero attached hydrogens (tertiary/aromatic N) is 1. The third-order valence-electron chi connectivity index (χ3n) is 3.38. The molecule has 0 amide bonds. The van der Waals surface area contributed by atoms with E-state index in [0.717, 1.165) is 32.4 Å². The Hall–Kier alpha value is -1.39. The number of halogens is 1.